The Morgan fingerprint density at radius 1 is 1.08 bits per heavy atom. The number of nitrogens with one attached hydrogen (secondary N) is 1. The molecular formula is C20H18ClFN2O. The molecule has 1 N–H and O–H groups in total. The molecule has 5 heteroatoms. The summed E-state index contributed by atoms with van der Waals surface area (Å²) in [6, 6.07) is 17.2. The molecule has 0 saturated carbocycles. The quantitative estimate of drug-likeness (QED) is 0.689. The minimum Gasteiger partial charge on any atom is -0.352 e. The summed E-state index contributed by atoms with van der Waals surface area (Å²) in [5.41, 5.74) is 1.62. The van der Waals surface area contributed by atoms with Crippen molar-refractivity contribution in [1.29, 1.82) is 0 Å². The highest BCUT2D eigenvalue weighted by molar-refractivity contribution is 6.31. The van der Waals surface area contributed by atoms with Crippen molar-refractivity contribution in [1.82, 2.24) is 9.88 Å². The maximum absolute atomic E-state index is 13.6. The van der Waals surface area contributed by atoms with Gasteiger partial charge in [0.1, 0.15) is 5.82 Å². The third-order valence-corrected chi connectivity index (χ3v) is 4.40. The highest BCUT2D eigenvalue weighted by Gasteiger charge is 2.18. The molecule has 1 amide bonds. The first-order valence-electron chi connectivity index (χ1n) is 8.01. The summed E-state index contributed by atoms with van der Waals surface area (Å²) in [5.74, 6) is -0.436. The number of rotatable bonds is 6. The van der Waals surface area contributed by atoms with Crippen LogP contribution in [-0.2, 0) is 11.3 Å². The Kier molecular flexibility index (Phi) is 5.51. The number of benzene rings is 2. The van der Waals surface area contributed by atoms with Crippen LogP contribution >= 0.6 is 11.6 Å². The van der Waals surface area contributed by atoms with Crippen molar-refractivity contribution in [2.24, 2.45) is 0 Å². The van der Waals surface area contributed by atoms with Crippen LogP contribution in [0.3, 0.4) is 0 Å². The molecule has 1 heterocycles. The second kappa shape index (κ2) is 7.99. The van der Waals surface area contributed by atoms with Crippen LogP contribution in [0.25, 0.3) is 0 Å². The molecule has 25 heavy (non-hydrogen) atoms. The number of carbonyl (C=O) groups excluding carboxylic acids is 1. The lowest BCUT2D eigenvalue weighted by Gasteiger charge is -2.19. The zero-order chi connectivity index (χ0) is 17.6. The standard InChI is InChI=1S/C20H18ClFN2O/c21-18-9-2-1-6-16(18)14-23-20(25)13-19(24-10-3-4-11-24)15-7-5-8-17(22)12-15/h1-12,19H,13-14H2,(H,23,25). The Balaban J connectivity index is 1.72. The van der Waals surface area contributed by atoms with Crippen LogP contribution in [0.2, 0.25) is 5.02 Å². The van der Waals surface area contributed by atoms with E-state index in [2.05, 4.69) is 5.32 Å². The smallest absolute Gasteiger partial charge is 0.222 e. The van der Waals surface area contributed by atoms with Crippen molar-refractivity contribution in [2.45, 2.75) is 19.0 Å². The summed E-state index contributed by atoms with van der Waals surface area (Å²) in [7, 11) is 0. The van der Waals surface area contributed by atoms with Gasteiger partial charge in [-0.1, -0.05) is 41.9 Å². The lowest BCUT2D eigenvalue weighted by molar-refractivity contribution is -0.121. The molecule has 2 aromatic carbocycles. The van der Waals surface area contributed by atoms with E-state index in [1.54, 1.807) is 12.1 Å². The van der Waals surface area contributed by atoms with Gasteiger partial charge in [0, 0.05) is 24.0 Å². The lowest BCUT2D eigenvalue weighted by atomic mass is 10.0. The van der Waals surface area contributed by atoms with Gasteiger partial charge in [0.15, 0.2) is 0 Å². The molecule has 1 atom stereocenters. The third-order valence-electron chi connectivity index (χ3n) is 4.03. The van der Waals surface area contributed by atoms with Gasteiger partial charge >= 0.3 is 0 Å². The summed E-state index contributed by atoms with van der Waals surface area (Å²) in [4.78, 5) is 12.4. The molecule has 3 rings (SSSR count). The van der Waals surface area contributed by atoms with Crippen molar-refractivity contribution in [3.05, 3.63) is 95.0 Å². The average Bonchev–Trinajstić information content (AvgIpc) is 3.13. The van der Waals surface area contributed by atoms with Crippen molar-refractivity contribution in [3.8, 4) is 0 Å². The maximum Gasteiger partial charge on any atom is 0.222 e. The van der Waals surface area contributed by atoms with Crippen molar-refractivity contribution in [2.75, 3.05) is 0 Å². The van der Waals surface area contributed by atoms with Gasteiger partial charge in [-0.05, 0) is 41.5 Å². The van der Waals surface area contributed by atoms with Gasteiger partial charge in [-0.3, -0.25) is 4.79 Å². The molecule has 128 valence electrons. The van der Waals surface area contributed by atoms with Gasteiger partial charge in [0.05, 0.1) is 12.5 Å². The Bertz CT molecular complexity index is 848. The predicted molar refractivity (Wildman–Crippen MR) is 96.9 cm³/mol. The Morgan fingerprint density at radius 3 is 2.56 bits per heavy atom. The van der Waals surface area contributed by atoms with E-state index < -0.39 is 0 Å². The molecule has 0 fully saturated rings. The van der Waals surface area contributed by atoms with Crippen LogP contribution in [0.1, 0.15) is 23.6 Å². The Morgan fingerprint density at radius 2 is 1.84 bits per heavy atom. The summed E-state index contributed by atoms with van der Waals surface area (Å²) < 4.78 is 15.5. The number of nitrogens with zero attached hydrogens (tertiary/aromatic N) is 1. The number of aromatic nitrogens is 1. The first-order chi connectivity index (χ1) is 12.1. The second-order valence-corrected chi connectivity index (χ2v) is 6.18. The zero-order valence-electron chi connectivity index (χ0n) is 13.5. The van der Waals surface area contributed by atoms with E-state index in [0.717, 1.165) is 11.1 Å². The van der Waals surface area contributed by atoms with Gasteiger partial charge in [-0.25, -0.2) is 4.39 Å². The van der Waals surface area contributed by atoms with E-state index in [0.29, 0.717) is 11.6 Å². The first kappa shape index (κ1) is 17.2. The summed E-state index contributed by atoms with van der Waals surface area (Å²) in [5, 5.41) is 3.51. The fourth-order valence-corrected chi connectivity index (χ4v) is 2.95. The van der Waals surface area contributed by atoms with Crippen LogP contribution in [0.5, 0.6) is 0 Å². The van der Waals surface area contributed by atoms with Crippen molar-refractivity contribution in [3.63, 3.8) is 0 Å². The summed E-state index contributed by atoms with van der Waals surface area (Å²) >= 11 is 6.11. The maximum atomic E-state index is 13.6. The van der Waals surface area contributed by atoms with Crippen LogP contribution < -0.4 is 5.32 Å². The van der Waals surface area contributed by atoms with E-state index in [1.165, 1.54) is 12.1 Å². The molecule has 0 aliphatic heterocycles. The van der Waals surface area contributed by atoms with Gasteiger partial charge in [-0.15, -0.1) is 0 Å². The molecule has 0 aliphatic carbocycles. The molecule has 3 nitrogen and oxygen atoms in total. The van der Waals surface area contributed by atoms with Crippen molar-refractivity contribution >= 4 is 17.5 Å². The number of hydrogen-bond acceptors (Lipinski definition) is 1. The molecule has 1 aromatic heterocycles. The minimum atomic E-state index is -0.314. The van der Waals surface area contributed by atoms with E-state index >= 15 is 0 Å². The third kappa shape index (κ3) is 4.48. The van der Waals surface area contributed by atoms with Crippen molar-refractivity contribution < 1.29 is 9.18 Å². The van der Waals surface area contributed by atoms with Gasteiger partial charge in [0.2, 0.25) is 5.91 Å². The monoisotopic (exact) mass is 356 g/mol. The minimum absolute atomic E-state index is 0.122. The van der Waals surface area contributed by atoms with Crippen LogP contribution in [0, 0.1) is 5.82 Å². The fourth-order valence-electron chi connectivity index (χ4n) is 2.75. The molecule has 1 unspecified atom stereocenters. The van der Waals surface area contributed by atoms with E-state index in [4.69, 9.17) is 11.6 Å². The van der Waals surface area contributed by atoms with E-state index in [-0.39, 0.29) is 24.2 Å². The van der Waals surface area contributed by atoms with Crippen LogP contribution in [0.15, 0.2) is 73.1 Å². The fraction of sp³-hybridized carbons (Fsp3) is 0.150. The predicted octanol–water partition coefficient (Wildman–Crippen LogP) is 4.58. The molecular weight excluding hydrogens is 339 g/mol. The molecule has 0 bridgehead atoms. The molecule has 3 aromatic rings. The average molecular weight is 357 g/mol. The Hall–Kier alpha value is -2.59. The SMILES string of the molecule is O=C(CC(c1cccc(F)c1)n1cccc1)NCc1ccccc1Cl. The summed E-state index contributed by atoms with van der Waals surface area (Å²) in [6.45, 7) is 0.361. The second-order valence-electron chi connectivity index (χ2n) is 5.77. The summed E-state index contributed by atoms with van der Waals surface area (Å²) in [6.07, 6.45) is 3.95. The molecule has 0 saturated heterocycles. The topological polar surface area (TPSA) is 34.0 Å². The highest BCUT2D eigenvalue weighted by atomic mass is 35.5. The van der Waals surface area contributed by atoms with Gasteiger partial charge in [-0.2, -0.15) is 0 Å². The van der Waals surface area contributed by atoms with Crippen LogP contribution in [0.4, 0.5) is 4.39 Å². The van der Waals surface area contributed by atoms with E-state index in [9.17, 15) is 9.18 Å². The number of amides is 1. The van der Waals surface area contributed by atoms with E-state index in [1.807, 2.05) is 53.4 Å². The highest BCUT2D eigenvalue weighted by Crippen LogP contribution is 2.23. The number of hydrogen-bond donors (Lipinski definition) is 1. The first-order valence-corrected chi connectivity index (χ1v) is 8.39. The number of carbonyl (C=O) groups is 1. The van der Waals surface area contributed by atoms with Crippen LogP contribution in [-0.4, -0.2) is 10.5 Å². The molecule has 0 spiro atoms. The molecule has 0 aliphatic rings. The zero-order valence-corrected chi connectivity index (χ0v) is 14.3. The van der Waals surface area contributed by atoms with Gasteiger partial charge in [0.25, 0.3) is 0 Å². The number of halogens is 2. The molecule has 0 radical (unpaired) electrons. The largest absolute Gasteiger partial charge is 0.352 e. The van der Waals surface area contributed by atoms with Gasteiger partial charge < -0.3 is 9.88 Å². The normalized spacial score (nSPS) is 11.9. The lowest BCUT2D eigenvalue weighted by Crippen LogP contribution is -2.26. The Labute approximate surface area is 151 Å².